The Kier molecular flexibility index (Phi) is 4.12. The van der Waals surface area contributed by atoms with Crippen molar-refractivity contribution >= 4 is 27.6 Å². The number of carbonyl (C=O) groups is 1. The number of aromatic carboxylic acids is 1. The fourth-order valence-corrected chi connectivity index (χ4v) is 2.77. The number of rotatable bonds is 5. The second-order valence-electron chi connectivity index (χ2n) is 3.85. The first-order valence-electron chi connectivity index (χ1n) is 5.46. The largest absolute Gasteiger partial charge is 0.475 e. The molecular formula is C12H10ClNO5S. The number of halogens is 1. The summed E-state index contributed by atoms with van der Waals surface area (Å²) in [6, 6.07) is 8.45. The van der Waals surface area contributed by atoms with Crippen LogP contribution in [-0.2, 0) is 16.6 Å². The first-order chi connectivity index (χ1) is 9.38. The van der Waals surface area contributed by atoms with Crippen LogP contribution in [0.15, 0.2) is 45.7 Å². The molecule has 2 N–H and O–H groups in total. The van der Waals surface area contributed by atoms with E-state index in [0.29, 0.717) is 5.02 Å². The van der Waals surface area contributed by atoms with E-state index in [0.717, 1.165) is 0 Å². The molecule has 2 aromatic rings. The summed E-state index contributed by atoms with van der Waals surface area (Å²) in [6.07, 6.45) is 0. The van der Waals surface area contributed by atoms with E-state index >= 15 is 0 Å². The summed E-state index contributed by atoms with van der Waals surface area (Å²) in [5.41, 5.74) is 0. The van der Waals surface area contributed by atoms with Crippen molar-refractivity contribution in [1.82, 2.24) is 4.72 Å². The molecule has 2 rings (SSSR count). The third-order valence-electron chi connectivity index (χ3n) is 2.42. The molecule has 0 fully saturated rings. The molecule has 1 aromatic heterocycles. The van der Waals surface area contributed by atoms with E-state index < -0.39 is 16.0 Å². The first kappa shape index (κ1) is 14.6. The van der Waals surface area contributed by atoms with Gasteiger partial charge < -0.3 is 9.52 Å². The lowest BCUT2D eigenvalue weighted by Crippen LogP contribution is -2.23. The predicted octanol–water partition coefficient (Wildman–Crippen LogP) is 2.11. The fraction of sp³-hybridized carbons (Fsp3) is 0.0833. The molecule has 8 heteroatoms. The lowest BCUT2D eigenvalue weighted by Gasteiger charge is -2.05. The van der Waals surface area contributed by atoms with Crippen molar-refractivity contribution in [2.75, 3.05) is 0 Å². The Morgan fingerprint density at radius 1 is 1.30 bits per heavy atom. The summed E-state index contributed by atoms with van der Waals surface area (Å²) in [5, 5.41) is 8.99. The van der Waals surface area contributed by atoms with Gasteiger partial charge in [0.15, 0.2) is 0 Å². The van der Waals surface area contributed by atoms with Gasteiger partial charge in [0.05, 0.1) is 11.4 Å². The van der Waals surface area contributed by atoms with Crippen LogP contribution in [0.3, 0.4) is 0 Å². The molecule has 106 valence electrons. The highest BCUT2D eigenvalue weighted by Crippen LogP contribution is 2.16. The van der Waals surface area contributed by atoms with E-state index in [2.05, 4.69) is 4.72 Å². The molecular weight excluding hydrogens is 306 g/mol. The van der Waals surface area contributed by atoms with Gasteiger partial charge in [0, 0.05) is 5.02 Å². The van der Waals surface area contributed by atoms with Gasteiger partial charge in [0.2, 0.25) is 15.8 Å². The second-order valence-corrected chi connectivity index (χ2v) is 6.06. The summed E-state index contributed by atoms with van der Waals surface area (Å²) < 4.78 is 31.2. The van der Waals surface area contributed by atoms with E-state index in [1.807, 2.05) is 0 Å². The van der Waals surface area contributed by atoms with E-state index in [9.17, 15) is 13.2 Å². The van der Waals surface area contributed by atoms with Crippen molar-refractivity contribution in [2.45, 2.75) is 11.4 Å². The Labute approximate surface area is 120 Å². The Morgan fingerprint density at radius 2 is 2.05 bits per heavy atom. The number of carboxylic acids is 1. The number of hydrogen-bond acceptors (Lipinski definition) is 4. The molecule has 0 saturated carbocycles. The minimum atomic E-state index is -3.73. The molecule has 20 heavy (non-hydrogen) atoms. The van der Waals surface area contributed by atoms with E-state index in [4.69, 9.17) is 21.1 Å². The monoisotopic (exact) mass is 315 g/mol. The molecule has 1 aromatic carbocycles. The standard InChI is InChI=1S/C12H10ClNO5S/c13-8-2-1-3-10(6-8)20(17,18)14-7-9-4-5-11(19-9)12(15)16/h1-6,14H,7H2,(H,15,16). The van der Waals surface area contributed by atoms with Crippen LogP contribution < -0.4 is 4.72 Å². The first-order valence-corrected chi connectivity index (χ1v) is 7.32. The lowest BCUT2D eigenvalue weighted by molar-refractivity contribution is 0.0660. The Morgan fingerprint density at radius 3 is 2.65 bits per heavy atom. The maximum atomic E-state index is 12.0. The van der Waals surface area contributed by atoms with Gasteiger partial charge in [-0.2, -0.15) is 0 Å². The van der Waals surface area contributed by atoms with Crippen molar-refractivity contribution < 1.29 is 22.7 Å². The quantitative estimate of drug-likeness (QED) is 0.880. The molecule has 6 nitrogen and oxygen atoms in total. The van der Waals surface area contributed by atoms with Gasteiger partial charge in [-0.3, -0.25) is 0 Å². The SMILES string of the molecule is O=C(O)c1ccc(CNS(=O)(=O)c2cccc(Cl)c2)o1. The van der Waals surface area contributed by atoms with Crippen LogP contribution in [0.25, 0.3) is 0 Å². The number of benzene rings is 1. The van der Waals surface area contributed by atoms with Crippen molar-refractivity contribution in [3.8, 4) is 0 Å². The zero-order valence-corrected chi connectivity index (χ0v) is 11.6. The van der Waals surface area contributed by atoms with Crippen LogP contribution >= 0.6 is 11.6 Å². The average molecular weight is 316 g/mol. The third kappa shape index (κ3) is 3.38. The van der Waals surface area contributed by atoms with Gasteiger partial charge >= 0.3 is 5.97 Å². The highest BCUT2D eigenvalue weighted by atomic mass is 35.5. The average Bonchev–Trinajstić information content (AvgIpc) is 2.85. The number of nitrogens with one attached hydrogen (secondary N) is 1. The molecule has 0 saturated heterocycles. The van der Waals surface area contributed by atoms with E-state index in [1.165, 1.54) is 30.3 Å². The number of carboxylic acid groups (broad SMARTS) is 1. The summed E-state index contributed by atoms with van der Waals surface area (Å²) in [5.74, 6) is -1.26. The maximum absolute atomic E-state index is 12.0. The number of furan rings is 1. The zero-order valence-electron chi connectivity index (χ0n) is 10.0. The summed E-state index contributed by atoms with van der Waals surface area (Å²) in [6.45, 7) is -0.151. The van der Waals surface area contributed by atoms with Crippen molar-refractivity contribution in [3.63, 3.8) is 0 Å². The van der Waals surface area contributed by atoms with Gasteiger partial charge in [-0.1, -0.05) is 17.7 Å². The van der Waals surface area contributed by atoms with Gasteiger partial charge in [-0.15, -0.1) is 0 Å². The Balaban J connectivity index is 2.11. The maximum Gasteiger partial charge on any atom is 0.371 e. The number of sulfonamides is 1. The molecule has 0 atom stereocenters. The Bertz CT molecular complexity index is 738. The molecule has 0 aliphatic heterocycles. The highest BCUT2D eigenvalue weighted by Gasteiger charge is 2.16. The minimum Gasteiger partial charge on any atom is -0.475 e. The molecule has 0 unspecified atom stereocenters. The lowest BCUT2D eigenvalue weighted by atomic mass is 10.4. The summed E-state index contributed by atoms with van der Waals surface area (Å²) >= 11 is 5.73. The molecule has 1 heterocycles. The van der Waals surface area contributed by atoms with Crippen molar-refractivity contribution in [3.05, 3.63) is 52.9 Å². The third-order valence-corrected chi connectivity index (χ3v) is 4.05. The number of hydrogen-bond donors (Lipinski definition) is 2. The van der Waals surface area contributed by atoms with Crippen LogP contribution in [0.4, 0.5) is 0 Å². The van der Waals surface area contributed by atoms with Crippen molar-refractivity contribution in [2.24, 2.45) is 0 Å². The molecule has 0 radical (unpaired) electrons. The molecule has 0 amide bonds. The highest BCUT2D eigenvalue weighted by molar-refractivity contribution is 7.89. The van der Waals surface area contributed by atoms with E-state index in [-0.39, 0.29) is 23.0 Å². The van der Waals surface area contributed by atoms with Crippen LogP contribution in [0, 0.1) is 0 Å². The summed E-state index contributed by atoms with van der Waals surface area (Å²) in [4.78, 5) is 10.7. The van der Waals surface area contributed by atoms with Crippen LogP contribution in [0.1, 0.15) is 16.3 Å². The van der Waals surface area contributed by atoms with Gasteiger partial charge in [0.25, 0.3) is 0 Å². The van der Waals surface area contributed by atoms with Gasteiger partial charge in [0.1, 0.15) is 5.76 Å². The Hall–Kier alpha value is -1.83. The summed E-state index contributed by atoms with van der Waals surface area (Å²) in [7, 11) is -3.73. The van der Waals surface area contributed by atoms with E-state index in [1.54, 1.807) is 6.07 Å². The second kappa shape index (κ2) is 5.66. The smallest absolute Gasteiger partial charge is 0.371 e. The van der Waals surface area contributed by atoms with Crippen LogP contribution in [-0.4, -0.2) is 19.5 Å². The zero-order chi connectivity index (χ0) is 14.8. The normalized spacial score (nSPS) is 11.4. The molecule has 0 aliphatic carbocycles. The minimum absolute atomic E-state index is 0.0232. The van der Waals surface area contributed by atoms with Gasteiger partial charge in [-0.05, 0) is 30.3 Å². The predicted molar refractivity (Wildman–Crippen MR) is 71.1 cm³/mol. The molecule has 0 aliphatic rings. The molecule has 0 bridgehead atoms. The topological polar surface area (TPSA) is 96.6 Å². The van der Waals surface area contributed by atoms with Crippen molar-refractivity contribution in [1.29, 1.82) is 0 Å². The fourth-order valence-electron chi connectivity index (χ4n) is 1.47. The van der Waals surface area contributed by atoms with Gasteiger partial charge in [-0.25, -0.2) is 17.9 Å². The molecule has 0 spiro atoms. The van der Waals surface area contributed by atoms with Crippen LogP contribution in [0.2, 0.25) is 5.02 Å². The van der Waals surface area contributed by atoms with Crippen LogP contribution in [0.5, 0.6) is 0 Å².